The highest BCUT2D eigenvalue weighted by Crippen LogP contribution is 2.41. The fourth-order valence-corrected chi connectivity index (χ4v) is 2.63. The van der Waals surface area contributed by atoms with Gasteiger partial charge in [-0.1, -0.05) is 11.6 Å². The van der Waals surface area contributed by atoms with Crippen molar-refractivity contribution < 1.29 is 34.1 Å². The molecule has 0 aliphatic carbocycles. The number of hydrogen-bond acceptors (Lipinski definition) is 8. The van der Waals surface area contributed by atoms with Gasteiger partial charge < -0.3 is 34.1 Å². The number of halogens is 1. The molecule has 1 aromatic heterocycles. The summed E-state index contributed by atoms with van der Waals surface area (Å²) in [5, 5.41) is 35.1. The number of nitrogens with zero attached hydrogens (tertiary/aromatic N) is 2. The van der Waals surface area contributed by atoms with Gasteiger partial charge in [-0.2, -0.15) is 5.10 Å². The van der Waals surface area contributed by atoms with E-state index in [2.05, 4.69) is 5.10 Å². The van der Waals surface area contributed by atoms with E-state index in [1.165, 1.54) is 12.1 Å². The largest absolute Gasteiger partial charge is 0.665 e. The van der Waals surface area contributed by atoms with Gasteiger partial charge in [0.25, 0.3) is 0 Å². The molecule has 0 amide bonds. The van der Waals surface area contributed by atoms with Gasteiger partial charge in [-0.05, 0) is 26.0 Å². The molecule has 2 heterocycles. The summed E-state index contributed by atoms with van der Waals surface area (Å²) in [4.78, 5) is 11.6. The normalized spacial score (nSPS) is 15.2. The van der Waals surface area contributed by atoms with E-state index in [4.69, 9.17) is 25.7 Å². The molecule has 3 rings (SSSR count). The van der Waals surface area contributed by atoms with E-state index in [0.29, 0.717) is 5.56 Å². The Kier molecular flexibility index (Phi) is 4.74. The second-order valence-electron chi connectivity index (χ2n) is 6.15. The summed E-state index contributed by atoms with van der Waals surface area (Å²) in [5.41, 5.74) is 0.0753. The van der Waals surface area contributed by atoms with Crippen molar-refractivity contribution in [1.29, 1.82) is 0 Å². The molecule has 0 saturated heterocycles. The van der Waals surface area contributed by atoms with Crippen LogP contribution in [0.1, 0.15) is 35.8 Å². The number of benzene rings is 1. The minimum atomic E-state index is -3.33. The number of aromatic carboxylic acids is 1. The molecule has 0 bridgehead atoms. The molecule has 0 radical (unpaired) electrons. The van der Waals surface area contributed by atoms with E-state index in [-0.39, 0.29) is 35.1 Å². The second kappa shape index (κ2) is 6.71. The molecule has 0 saturated carbocycles. The zero-order valence-corrected chi connectivity index (χ0v) is 14.8. The Balaban J connectivity index is 1.90. The summed E-state index contributed by atoms with van der Waals surface area (Å²) in [6.45, 7) is -0.0312. The molecule has 1 aliphatic heterocycles. The second-order valence-corrected chi connectivity index (χ2v) is 6.51. The number of fused-ring (bicyclic) bond motifs is 1. The first-order valence-electron chi connectivity index (χ1n) is 7.84. The molecule has 9 nitrogen and oxygen atoms in total. The van der Waals surface area contributed by atoms with Gasteiger partial charge in [0.1, 0.15) is 18.1 Å². The van der Waals surface area contributed by atoms with Crippen molar-refractivity contribution in [2.45, 2.75) is 26.5 Å². The first kappa shape index (κ1) is 18.4. The van der Waals surface area contributed by atoms with Crippen LogP contribution in [0.2, 0.25) is 5.15 Å². The Labute approximate surface area is 153 Å². The van der Waals surface area contributed by atoms with Crippen LogP contribution >= 0.6 is 11.6 Å². The van der Waals surface area contributed by atoms with Crippen LogP contribution in [0.5, 0.6) is 17.2 Å². The summed E-state index contributed by atoms with van der Waals surface area (Å²) in [6.07, 6.45) is 1.69. The third kappa shape index (κ3) is 3.57. The molecule has 0 atom stereocenters. The van der Waals surface area contributed by atoms with E-state index in [1.54, 1.807) is 10.9 Å². The third-order valence-corrected chi connectivity index (χ3v) is 4.04. The number of carbonyl (C=O) groups excluding carboxylic acids is 1. The van der Waals surface area contributed by atoms with E-state index >= 15 is 0 Å². The van der Waals surface area contributed by atoms with Crippen LogP contribution < -0.4 is 19.2 Å². The first-order valence-corrected chi connectivity index (χ1v) is 8.22. The Hall–Kier alpha value is -2.43. The highest BCUT2D eigenvalue weighted by Gasteiger charge is 2.33. The van der Waals surface area contributed by atoms with Crippen LogP contribution in [0.25, 0.3) is 0 Å². The molecule has 11 heteroatoms. The number of hydrogen-bond donors (Lipinski definition) is 2. The Bertz CT molecular complexity index is 853. The quantitative estimate of drug-likeness (QED) is 0.707. The number of ether oxygens (including phenoxy) is 2. The van der Waals surface area contributed by atoms with Gasteiger partial charge in [0, 0.05) is 17.8 Å². The number of carboxylic acid groups (broad SMARTS) is 1. The summed E-state index contributed by atoms with van der Waals surface area (Å²) < 4.78 is 17.3. The van der Waals surface area contributed by atoms with Gasteiger partial charge >= 0.3 is 6.75 Å². The zero-order chi connectivity index (χ0) is 19.1. The topological polar surface area (TPSA) is 126 Å². The molecule has 1 aromatic carbocycles. The van der Waals surface area contributed by atoms with E-state index in [0.717, 1.165) is 0 Å². The molecule has 2 N–H and O–H groups in total. The third-order valence-electron chi connectivity index (χ3n) is 3.72. The van der Waals surface area contributed by atoms with Gasteiger partial charge in [-0.3, -0.25) is 4.68 Å². The van der Waals surface area contributed by atoms with Crippen LogP contribution in [-0.2, 0) is 6.61 Å². The minimum Gasteiger partial charge on any atom is -0.665 e. The van der Waals surface area contributed by atoms with Crippen molar-refractivity contribution >= 4 is 24.3 Å². The summed E-state index contributed by atoms with van der Waals surface area (Å²) in [5.74, 6) is -2.02. The van der Waals surface area contributed by atoms with Crippen LogP contribution in [0.4, 0.5) is 0 Å². The fourth-order valence-electron chi connectivity index (χ4n) is 2.44. The van der Waals surface area contributed by atoms with Crippen LogP contribution in [0.3, 0.4) is 0 Å². The van der Waals surface area contributed by atoms with Crippen molar-refractivity contribution in [1.82, 2.24) is 9.78 Å². The summed E-state index contributed by atoms with van der Waals surface area (Å²) in [6, 6.07) is 2.86. The predicted octanol–water partition coefficient (Wildman–Crippen LogP) is 0.294. The highest BCUT2D eigenvalue weighted by molar-refractivity contribution is 6.58. The average molecular weight is 383 g/mol. The molecule has 0 unspecified atom stereocenters. The van der Waals surface area contributed by atoms with Gasteiger partial charge in [0.2, 0.25) is 0 Å². The SMILES string of the molecule is CC(C)n1cc(COc2ccc3c(c2C(=O)[O-])O[B-](O)(O)CO3)c(Cl)n1. The fraction of sp³-hybridized carbons (Fsp3) is 0.333. The van der Waals surface area contributed by atoms with Crippen molar-refractivity contribution in [2.24, 2.45) is 0 Å². The lowest BCUT2D eigenvalue weighted by Gasteiger charge is -2.37. The molecule has 140 valence electrons. The number of aromatic nitrogens is 2. The van der Waals surface area contributed by atoms with Gasteiger partial charge in [-0.15, -0.1) is 0 Å². The standard InChI is InChI=1S/C15H17BClN2O7/c1-8(2)19-5-9(14(17)18-19)6-24-10-3-4-11-13(12(10)15(20)21)26-16(22,23)7-25-11/h3-5,8,22-23H,6-7H2,1-2H3,(H,20,21)/q-1/p-1. The lowest BCUT2D eigenvalue weighted by atomic mass is 9.80. The Morgan fingerprint density at radius 1 is 1.50 bits per heavy atom. The molecular weight excluding hydrogens is 366 g/mol. The van der Waals surface area contributed by atoms with Gasteiger partial charge in [-0.25, -0.2) is 0 Å². The molecule has 0 spiro atoms. The lowest BCUT2D eigenvalue weighted by Crippen LogP contribution is -2.51. The van der Waals surface area contributed by atoms with Crippen molar-refractivity contribution in [3.63, 3.8) is 0 Å². The minimum absolute atomic E-state index is 0.0443. The van der Waals surface area contributed by atoms with Crippen molar-refractivity contribution in [3.05, 3.63) is 34.6 Å². The van der Waals surface area contributed by atoms with Crippen LogP contribution in [0.15, 0.2) is 18.3 Å². The smallest absolute Gasteiger partial charge is 0.467 e. The summed E-state index contributed by atoms with van der Waals surface area (Å²) in [7, 11) is 0. The Morgan fingerprint density at radius 2 is 2.23 bits per heavy atom. The molecular formula is C15H16BClN2O7-2. The first-order chi connectivity index (χ1) is 12.2. The predicted molar refractivity (Wildman–Crippen MR) is 89.0 cm³/mol. The molecule has 26 heavy (non-hydrogen) atoms. The van der Waals surface area contributed by atoms with Crippen molar-refractivity contribution in [3.8, 4) is 17.2 Å². The highest BCUT2D eigenvalue weighted by atomic mass is 35.5. The van der Waals surface area contributed by atoms with Crippen LogP contribution in [0, 0.1) is 0 Å². The van der Waals surface area contributed by atoms with E-state index in [9.17, 15) is 19.9 Å². The average Bonchev–Trinajstić information content (AvgIpc) is 2.92. The number of carboxylic acids is 1. The van der Waals surface area contributed by atoms with Crippen LogP contribution in [-0.4, -0.2) is 39.1 Å². The maximum absolute atomic E-state index is 11.6. The van der Waals surface area contributed by atoms with E-state index < -0.39 is 24.8 Å². The summed E-state index contributed by atoms with van der Waals surface area (Å²) >= 11 is 6.06. The lowest BCUT2D eigenvalue weighted by molar-refractivity contribution is -0.255. The van der Waals surface area contributed by atoms with E-state index in [1.807, 2.05) is 13.8 Å². The van der Waals surface area contributed by atoms with Gasteiger partial charge in [0.05, 0.1) is 18.0 Å². The van der Waals surface area contributed by atoms with Gasteiger partial charge in [0.15, 0.2) is 10.9 Å². The number of rotatable bonds is 5. The maximum atomic E-state index is 11.6. The number of carbonyl (C=O) groups is 1. The van der Waals surface area contributed by atoms with Crippen molar-refractivity contribution in [2.75, 3.05) is 6.51 Å². The molecule has 1 aliphatic rings. The molecule has 0 fully saturated rings. The Morgan fingerprint density at radius 3 is 2.85 bits per heavy atom. The monoisotopic (exact) mass is 382 g/mol. The zero-order valence-electron chi connectivity index (χ0n) is 14.0. The maximum Gasteiger partial charge on any atom is 0.467 e. The molecule has 2 aromatic rings.